The van der Waals surface area contributed by atoms with E-state index in [0.717, 1.165) is 53.7 Å². The first-order valence-corrected chi connectivity index (χ1v) is 13.7. The Hall–Kier alpha value is -3.68. The molecule has 0 spiro atoms. The number of piperidine rings is 1. The van der Waals surface area contributed by atoms with Gasteiger partial charge in [-0.1, -0.05) is 56.3 Å². The van der Waals surface area contributed by atoms with Crippen LogP contribution < -0.4 is 10.6 Å². The SMILES string of the molecule is CC[C@H]1CCCCN1C(=O)C[C@H](NC(=O)NCc1ccccc1)C(=O)C[C@@H](C)c1nc2c(C)cccc2[nH]1. The number of nitrogens with zero attached hydrogens (tertiary/aromatic N) is 2. The average molecular weight is 518 g/mol. The molecular weight excluding hydrogens is 478 g/mol. The first-order chi connectivity index (χ1) is 18.4. The standard InChI is InChI=1S/C30H39N5O3/c1-4-23-14-8-9-16-35(23)27(37)18-25(33-30(38)31-19-22-12-6-5-7-13-22)26(36)17-21(3)29-32-24-15-10-11-20(2)28(24)34-29/h5-7,10-13,15,21,23,25H,4,8-9,14,16-19H2,1-3H3,(H,32,34)(H2,31,33,38)/t21-,23+,25+/m1/s1. The summed E-state index contributed by atoms with van der Waals surface area (Å²) in [6.07, 6.45) is 4.06. The number of fused-ring (bicyclic) bond motifs is 1. The van der Waals surface area contributed by atoms with Gasteiger partial charge in [-0.2, -0.15) is 0 Å². The number of hydrogen-bond donors (Lipinski definition) is 3. The van der Waals surface area contributed by atoms with Crippen molar-refractivity contribution in [2.45, 2.75) is 83.8 Å². The fourth-order valence-electron chi connectivity index (χ4n) is 5.25. The maximum Gasteiger partial charge on any atom is 0.315 e. The van der Waals surface area contributed by atoms with Gasteiger partial charge in [0.2, 0.25) is 5.91 Å². The quantitative estimate of drug-likeness (QED) is 0.352. The number of Topliss-reactive ketones (excluding diaryl/α,β-unsaturated/α-hetero) is 1. The second-order valence-electron chi connectivity index (χ2n) is 10.4. The van der Waals surface area contributed by atoms with Crippen molar-refractivity contribution in [1.29, 1.82) is 0 Å². The highest BCUT2D eigenvalue weighted by Crippen LogP contribution is 2.24. The van der Waals surface area contributed by atoms with Gasteiger partial charge in [-0.05, 0) is 49.8 Å². The summed E-state index contributed by atoms with van der Waals surface area (Å²) in [5.74, 6) is 0.274. The summed E-state index contributed by atoms with van der Waals surface area (Å²) in [5.41, 5.74) is 3.84. The van der Waals surface area contributed by atoms with Gasteiger partial charge in [0.15, 0.2) is 5.78 Å². The number of imidazole rings is 1. The number of likely N-dealkylation sites (tertiary alicyclic amines) is 1. The summed E-state index contributed by atoms with van der Waals surface area (Å²) in [4.78, 5) is 49.6. The van der Waals surface area contributed by atoms with E-state index in [2.05, 4.69) is 22.5 Å². The van der Waals surface area contributed by atoms with Crippen LogP contribution in [0.3, 0.4) is 0 Å². The number of aromatic amines is 1. The third-order valence-corrected chi connectivity index (χ3v) is 7.49. The highest BCUT2D eigenvalue weighted by molar-refractivity contribution is 5.93. The van der Waals surface area contributed by atoms with Crippen molar-refractivity contribution in [2.24, 2.45) is 0 Å². The zero-order valence-corrected chi connectivity index (χ0v) is 22.6. The van der Waals surface area contributed by atoms with E-state index in [9.17, 15) is 14.4 Å². The topological polar surface area (TPSA) is 107 Å². The lowest BCUT2D eigenvalue weighted by atomic mass is 9.95. The van der Waals surface area contributed by atoms with Crippen molar-refractivity contribution in [2.75, 3.05) is 6.54 Å². The van der Waals surface area contributed by atoms with Gasteiger partial charge >= 0.3 is 6.03 Å². The van der Waals surface area contributed by atoms with E-state index >= 15 is 0 Å². The van der Waals surface area contributed by atoms with Gasteiger partial charge in [-0.15, -0.1) is 0 Å². The van der Waals surface area contributed by atoms with Crippen molar-refractivity contribution >= 4 is 28.8 Å². The minimum atomic E-state index is -0.911. The third kappa shape index (κ3) is 6.79. The Morgan fingerprint density at radius 2 is 1.87 bits per heavy atom. The van der Waals surface area contributed by atoms with E-state index in [-0.39, 0.29) is 36.5 Å². The van der Waals surface area contributed by atoms with Crippen LogP contribution in [0, 0.1) is 6.92 Å². The molecule has 1 aromatic heterocycles. The van der Waals surface area contributed by atoms with Gasteiger partial charge in [0.1, 0.15) is 5.82 Å². The molecule has 1 fully saturated rings. The second kappa shape index (κ2) is 12.7. The number of carbonyl (C=O) groups is 3. The predicted molar refractivity (Wildman–Crippen MR) is 149 cm³/mol. The van der Waals surface area contributed by atoms with Gasteiger partial charge < -0.3 is 20.5 Å². The Bertz CT molecular complexity index is 1260. The number of rotatable bonds is 10. The molecule has 3 atom stereocenters. The smallest absolute Gasteiger partial charge is 0.315 e. The third-order valence-electron chi connectivity index (χ3n) is 7.49. The molecule has 0 saturated carbocycles. The van der Waals surface area contributed by atoms with Gasteiger partial charge in [-0.3, -0.25) is 9.59 Å². The van der Waals surface area contributed by atoms with E-state index < -0.39 is 12.1 Å². The van der Waals surface area contributed by atoms with Crippen molar-refractivity contribution in [3.8, 4) is 0 Å². The van der Waals surface area contributed by atoms with Crippen molar-refractivity contribution in [1.82, 2.24) is 25.5 Å². The Kier molecular flexibility index (Phi) is 9.15. The molecule has 38 heavy (non-hydrogen) atoms. The normalized spacial score (nSPS) is 17.1. The van der Waals surface area contributed by atoms with Gasteiger partial charge in [0, 0.05) is 31.5 Å². The lowest BCUT2D eigenvalue weighted by molar-refractivity contribution is -0.137. The molecule has 0 radical (unpaired) electrons. The van der Waals surface area contributed by atoms with E-state index in [0.29, 0.717) is 13.1 Å². The molecule has 2 heterocycles. The summed E-state index contributed by atoms with van der Waals surface area (Å²) in [6, 6.07) is 14.3. The number of hydrogen-bond acceptors (Lipinski definition) is 4. The lowest BCUT2D eigenvalue weighted by Crippen LogP contribution is -2.50. The van der Waals surface area contributed by atoms with Crippen LogP contribution in [0.25, 0.3) is 11.0 Å². The molecule has 0 unspecified atom stereocenters. The maximum absolute atomic E-state index is 13.5. The molecule has 0 aliphatic carbocycles. The summed E-state index contributed by atoms with van der Waals surface area (Å²) >= 11 is 0. The molecule has 3 amide bonds. The molecular formula is C30H39N5O3. The number of para-hydroxylation sites is 1. The van der Waals surface area contributed by atoms with Crippen LogP contribution in [0.4, 0.5) is 4.79 Å². The Labute approximate surface area is 224 Å². The van der Waals surface area contributed by atoms with Gasteiger partial charge in [-0.25, -0.2) is 9.78 Å². The van der Waals surface area contributed by atoms with Crippen LogP contribution in [-0.2, 0) is 16.1 Å². The molecule has 3 aromatic rings. The van der Waals surface area contributed by atoms with Crippen LogP contribution in [0.1, 0.15) is 75.2 Å². The largest absolute Gasteiger partial charge is 0.342 e. The first-order valence-electron chi connectivity index (χ1n) is 13.7. The van der Waals surface area contributed by atoms with Crippen LogP contribution in [0.15, 0.2) is 48.5 Å². The molecule has 3 N–H and O–H groups in total. The summed E-state index contributed by atoms with van der Waals surface area (Å²) in [5, 5.41) is 5.63. The number of nitrogens with one attached hydrogen (secondary N) is 3. The van der Waals surface area contributed by atoms with Crippen molar-refractivity contribution in [3.63, 3.8) is 0 Å². The van der Waals surface area contributed by atoms with Crippen LogP contribution in [0.5, 0.6) is 0 Å². The second-order valence-corrected chi connectivity index (χ2v) is 10.4. The van der Waals surface area contributed by atoms with Gasteiger partial charge in [0.05, 0.1) is 23.5 Å². The average Bonchev–Trinajstić information content (AvgIpc) is 3.38. The number of ketones is 1. The zero-order chi connectivity index (χ0) is 27.1. The van der Waals surface area contributed by atoms with Crippen molar-refractivity contribution < 1.29 is 14.4 Å². The number of carbonyl (C=O) groups excluding carboxylic acids is 3. The number of urea groups is 1. The summed E-state index contributed by atoms with van der Waals surface area (Å²) in [7, 11) is 0. The lowest BCUT2D eigenvalue weighted by Gasteiger charge is -2.36. The minimum Gasteiger partial charge on any atom is -0.342 e. The minimum absolute atomic E-state index is 0.0416. The Morgan fingerprint density at radius 1 is 1.08 bits per heavy atom. The molecule has 8 heteroatoms. The summed E-state index contributed by atoms with van der Waals surface area (Å²) in [6.45, 7) is 7.07. The Morgan fingerprint density at radius 3 is 2.61 bits per heavy atom. The number of benzene rings is 2. The fraction of sp³-hybridized carbons (Fsp3) is 0.467. The molecule has 2 aromatic carbocycles. The molecule has 0 bridgehead atoms. The molecule has 8 nitrogen and oxygen atoms in total. The van der Waals surface area contributed by atoms with Crippen LogP contribution in [0.2, 0.25) is 0 Å². The van der Waals surface area contributed by atoms with Crippen LogP contribution >= 0.6 is 0 Å². The van der Waals surface area contributed by atoms with Crippen molar-refractivity contribution in [3.05, 3.63) is 65.5 Å². The zero-order valence-electron chi connectivity index (χ0n) is 22.6. The number of aryl methyl sites for hydroxylation is 1. The first kappa shape index (κ1) is 27.4. The molecule has 1 aliphatic heterocycles. The molecule has 1 aliphatic rings. The summed E-state index contributed by atoms with van der Waals surface area (Å²) < 4.78 is 0. The fourth-order valence-corrected chi connectivity index (χ4v) is 5.25. The van der Waals surface area contributed by atoms with E-state index in [1.54, 1.807) is 0 Å². The van der Waals surface area contributed by atoms with Gasteiger partial charge in [0.25, 0.3) is 0 Å². The highest BCUT2D eigenvalue weighted by atomic mass is 16.2. The molecule has 4 rings (SSSR count). The predicted octanol–water partition coefficient (Wildman–Crippen LogP) is 4.98. The van der Waals surface area contributed by atoms with E-state index in [1.165, 1.54) is 0 Å². The van der Waals surface area contributed by atoms with Crippen LogP contribution in [-0.4, -0.2) is 51.2 Å². The highest BCUT2D eigenvalue weighted by Gasteiger charge is 2.31. The molecule has 1 saturated heterocycles. The number of amides is 3. The van der Waals surface area contributed by atoms with E-state index in [4.69, 9.17) is 4.98 Å². The molecule has 202 valence electrons. The maximum atomic E-state index is 13.5. The number of aromatic nitrogens is 2. The Balaban J connectivity index is 1.46. The monoisotopic (exact) mass is 517 g/mol. The number of H-pyrrole nitrogens is 1. The van der Waals surface area contributed by atoms with E-state index in [1.807, 2.05) is 67.3 Å².